The van der Waals surface area contributed by atoms with E-state index in [-0.39, 0.29) is 17.5 Å². The summed E-state index contributed by atoms with van der Waals surface area (Å²) in [5, 5.41) is 0.828. The Labute approximate surface area is 187 Å². The Morgan fingerprint density at radius 2 is 1.87 bits per heavy atom. The maximum Gasteiger partial charge on any atom is 0.257 e. The summed E-state index contributed by atoms with van der Waals surface area (Å²) < 4.78 is 1.85. The molecule has 0 radical (unpaired) electrons. The molecule has 0 aromatic carbocycles. The number of piperidine rings is 1. The van der Waals surface area contributed by atoms with Crippen molar-refractivity contribution in [2.75, 3.05) is 43.4 Å². The summed E-state index contributed by atoms with van der Waals surface area (Å²) in [5.74, 6) is 3.19. The molecule has 30 heavy (non-hydrogen) atoms. The van der Waals surface area contributed by atoms with Crippen molar-refractivity contribution in [3.8, 4) is 0 Å². The van der Waals surface area contributed by atoms with Crippen LogP contribution in [0.3, 0.4) is 0 Å². The minimum absolute atomic E-state index is 0.0463. The Morgan fingerprint density at radius 1 is 1.00 bits per heavy atom. The van der Waals surface area contributed by atoms with E-state index in [1.165, 1.54) is 32.4 Å². The maximum absolute atomic E-state index is 13.5. The monoisotopic (exact) mass is 448 g/mol. The largest absolute Gasteiger partial charge is 0.337 e. The normalized spacial score (nSPS) is 27.0. The molecule has 1 aliphatic carbocycles. The molecule has 4 heterocycles. The van der Waals surface area contributed by atoms with Gasteiger partial charge in [-0.25, -0.2) is 4.98 Å². The lowest BCUT2D eigenvalue weighted by Gasteiger charge is -2.36. The number of amides is 1. The van der Waals surface area contributed by atoms with Crippen LogP contribution in [0.2, 0.25) is 0 Å². The number of carbonyl (C=O) groups is 1. The number of rotatable bonds is 4. The predicted molar refractivity (Wildman–Crippen MR) is 123 cm³/mol. The van der Waals surface area contributed by atoms with Crippen LogP contribution in [0.25, 0.3) is 0 Å². The number of aromatic nitrogens is 2. The lowest BCUT2D eigenvalue weighted by atomic mass is 10.1. The zero-order valence-corrected chi connectivity index (χ0v) is 19.3. The van der Waals surface area contributed by atoms with Gasteiger partial charge in [0.1, 0.15) is 0 Å². The predicted octanol–water partition coefficient (Wildman–Crippen LogP) is 2.59. The molecule has 0 spiro atoms. The van der Waals surface area contributed by atoms with Crippen molar-refractivity contribution in [3.05, 3.63) is 21.6 Å². The maximum atomic E-state index is 13.5. The summed E-state index contributed by atoms with van der Waals surface area (Å²) >= 11 is 3.64. The fraction of sp³-hybridized carbons (Fsp3) is 0.773. The van der Waals surface area contributed by atoms with Gasteiger partial charge < -0.3 is 9.80 Å². The minimum atomic E-state index is -0.0463. The van der Waals surface area contributed by atoms with Gasteiger partial charge >= 0.3 is 0 Å². The highest BCUT2D eigenvalue weighted by Gasteiger charge is 2.34. The fourth-order valence-electron chi connectivity index (χ4n) is 5.37. The molecule has 1 aromatic heterocycles. The molecular weight excluding hydrogens is 416 g/mol. The van der Waals surface area contributed by atoms with Crippen molar-refractivity contribution in [2.24, 2.45) is 0 Å². The number of thioether (sulfide) groups is 2. The van der Waals surface area contributed by atoms with E-state index >= 15 is 0 Å². The second kappa shape index (κ2) is 9.25. The number of likely N-dealkylation sites (tertiary alicyclic amines) is 1. The first kappa shape index (κ1) is 20.9. The number of nitrogens with zero attached hydrogens (tertiary/aromatic N) is 4. The van der Waals surface area contributed by atoms with E-state index in [9.17, 15) is 9.59 Å². The Hall–Kier alpha value is -0.990. The molecule has 0 N–H and O–H groups in total. The quantitative estimate of drug-likeness (QED) is 0.660. The SMILES string of the molecule is O=C(CC1CSc2nc3c(c(=O)n21)CCC3)N1CCCSCC1CN1CCCCC1. The summed E-state index contributed by atoms with van der Waals surface area (Å²) in [6, 6.07) is 0.251. The molecule has 8 heteroatoms. The topological polar surface area (TPSA) is 58.4 Å². The molecule has 2 unspecified atom stereocenters. The van der Waals surface area contributed by atoms with Crippen LogP contribution in [0, 0.1) is 0 Å². The molecule has 0 bridgehead atoms. The third kappa shape index (κ3) is 4.19. The molecule has 6 nitrogen and oxygen atoms in total. The molecular formula is C22H32N4O2S2. The number of carbonyl (C=O) groups excluding carboxylic acids is 1. The van der Waals surface area contributed by atoms with Crippen LogP contribution in [0.15, 0.2) is 9.95 Å². The summed E-state index contributed by atoms with van der Waals surface area (Å²) in [7, 11) is 0. The smallest absolute Gasteiger partial charge is 0.257 e. The Kier molecular flexibility index (Phi) is 6.44. The molecule has 1 aromatic rings. The number of fused-ring (bicyclic) bond motifs is 2. The first-order chi connectivity index (χ1) is 14.7. The van der Waals surface area contributed by atoms with E-state index < -0.39 is 0 Å². The van der Waals surface area contributed by atoms with E-state index in [1.807, 2.05) is 16.3 Å². The van der Waals surface area contributed by atoms with Gasteiger partial charge in [0.25, 0.3) is 5.56 Å². The van der Waals surface area contributed by atoms with Gasteiger partial charge in [0.2, 0.25) is 5.91 Å². The van der Waals surface area contributed by atoms with Crippen molar-refractivity contribution in [1.29, 1.82) is 0 Å². The average Bonchev–Trinajstić information content (AvgIpc) is 3.31. The van der Waals surface area contributed by atoms with E-state index in [1.54, 1.807) is 11.8 Å². The number of aryl methyl sites for hydroxylation is 1. The fourth-order valence-corrected chi connectivity index (χ4v) is 7.58. The molecule has 0 saturated carbocycles. The molecule has 4 aliphatic rings. The average molecular weight is 449 g/mol. The number of hydrogen-bond donors (Lipinski definition) is 0. The molecule has 164 valence electrons. The highest BCUT2D eigenvalue weighted by molar-refractivity contribution is 7.99. The van der Waals surface area contributed by atoms with Crippen LogP contribution in [-0.2, 0) is 17.6 Å². The van der Waals surface area contributed by atoms with Gasteiger partial charge in [0.05, 0.1) is 17.8 Å². The van der Waals surface area contributed by atoms with E-state index in [0.717, 1.165) is 72.4 Å². The van der Waals surface area contributed by atoms with Gasteiger partial charge in [-0.1, -0.05) is 18.2 Å². The van der Waals surface area contributed by atoms with Gasteiger partial charge in [0.15, 0.2) is 5.16 Å². The lowest BCUT2D eigenvalue weighted by molar-refractivity contribution is -0.134. The minimum Gasteiger partial charge on any atom is -0.337 e. The zero-order valence-electron chi connectivity index (χ0n) is 17.7. The van der Waals surface area contributed by atoms with Gasteiger partial charge in [-0.2, -0.15) is 11.8 Å². The van der Waals surface area contributed by atoms with Crippen molar-refractivity contribution in [1.82, 2.24) is 19.4 Å². The number of hydrogen-bond acceptors (Lipinski definition) is 6. The summed E-state index contributed by atoms with van der Waals surface area (Å²) in [6.07, 6.45) is 8.19. The summed E-state index contributed by atoms with van der Waals surface area (Å²) in [4.78, 5) is 36.0. The first-order valence-corrected chi connectivity index (χ1v) is 13.7. The van der Waals surface area contributed by atoms with Crippen LogP contribution in [0.1, 0.15) is 55.8 Å². The first-order valence-electron chi connectivity index (χ1n) is 11.6. The molecule has 2 atom stereocenters. The molecule has 3 aliphatic heterocycles. The van der Waals surface area contributed by atoms with E-state index in [2.05, 4.69) is 9.80 Å². The molecule has 2 saturated heterocycles. The van der Waals surface area contributed by atoms with Gasteiger partial charge in [-0.3, -0.25) is 14.2 Å². The van der Waals surface area contributed by atoms with Crippen molar-refractivity contribution in [2.45, 2.75) is 68.6 Å². The second-order valence-corrected chi connectivity index (χ2v) is 11.2. The van der Waals surface area contributed by atoms with Crippen molar-refractivity contribution >= 4 is 29.4 Å². The van der Waals surface area contributed by atoms with Crippen molar-refractivity contribution < 1.29 is 4.79 Å². The lowest BCUT2D eigenvalue weighted by Crippen LogP contribution is -2.49. The zero-order chi connectivity index (χ0) is 20.5. The standard InChI is InChI=1S/C22H32N4O2S2/c27-20(25-10-5-11-29-14-17(25)13-24-8-2-1-3-9-24)12-16-15-30-22-23-19-7-4-6-18(19)21(28)26(16)22/h16-17H,1-15H2. The summed E-state index contributed by atoms with van der Waals surface area (Å²) in [6.45, 7) is 4.20. The van der Waals surface area contributed by atoms with E-state index in [4.69, 9.17) is 4.98 Å². The third-order valence-corrected chi connectivity index (χ3v) is 9.25. The van der Waals surface area contributed by atoms with Crippen molar-refractivity contribution in [3.63, 3.8) is 0 Å². The van der Waals surface area contributed by atoms with Gasteiger partial charge in [-0.05, 0) is 57.4 Å². The Balaban J connectivity index is 1.31. The van der Waals surface area contributed by atoms with E-state index in [0.29, 0.717) is 12.5 Å². The van der Waals surface area contributed by atoms with Gasteiger partial charge in [-0.15, -0.1) is 0 Å². The third-order valence-electron chi connectivity index (χ3n) is 6.96. The van der Waals surface area contributed by atoms with Crippen LogP contribution in [0.5, 0.6) is 0 Å². The molecule has 2 fully saturated rings. The molecule has 1 amide bonds. The Bertz CT molecular complexity index is 852. The van der Waals surface area contributed by atoms with Crippen LogP contribution in [0.4, 0.5) is 0 Å². The second-order valence-electron chi connectivity index (χ2n) is 9.05. The highest BCUT2D eigenvalue weighted by atomic mass is 32.2. The highest BCUT2D eigenvalue weighted by Crippen LogP contribution is 2.34. The van der Waals surface area contributed by atoms with Crippen LogP contribution < -0.4 is 5.56 Å². The Morgan fingerprint density at radius 3 is 2.73 bits per heavy atom. The molecule has 5 rings (SSSR count). The summed E-state index contributed by atoms with van der Waals surface area (Å²) in [5.41, 5.74) is 2.01. The van der Waals surface area contributed by atoms with Crippen LogP contribution >= 0.6 is 23.5 Å². The van der Waals surface area contributed by atoms with Gasteiger partial charge in [0, 0.05) is 36.6 Å². The van der Waals surface area contributed by atoms with Crippen LogP contribution in [-0.4, -0.2) is 74.7 Å².